The van der Waals surface area contributed by atoms with Crippen molar-refractivity contribution >= 4 is 5.91 Å². The van der Waals surface area contributed by atoms with Gasteiger partial charge in [0.25, 0.3) is 0 Å². The maximum Gasteiger partial charge on any atom is 0.301 e. The summed E-state index contributed by atoms with van der Waals surface area (Å²) in [4.78, 5) is 12.0. The van der Waals surface area contributed by atoms with E-state index >= 15 is 0 Å². The van der Waals surface area contributed by atoms with Crippen LogP contribution in [0.5, 0.6) is 0 Å². The predicted octanol–water partition coefficient (Wildman–Crippen LogP) is 2.50. The summed E-state index contributed by atoms with van der Waals surface area (Å²) in [6.07, 6.45) is 3.48. The van der Waals surface area contributed by atoms with Crippen LogP contribution >= 0.6 is 0 Å². The van der Waals surface area contributed by atoms with E-state index in [1.54, 1.807) is 12.1 Å². The molecule has 1 aliphatic rings. The zero-order chi connectivity index (χ0) is 12.4. The van der Waals surface area contributed by atoms with Gasteiger partial charge in [-0.15, -0.1) is 0 Å². The number of furan rings is 1. The minimum atomic E-state index is -0.154. The van der Waals surface area contributed by atoms with E-state index in [4.69, 9.17) is 4.42 Å². The molecule has 0 aliphatic carbocycles. The van der Waals surface area contributed by atoms with Crippen LogP contribution in [0, 0.1) is 6.92 Å². The number of carbonyl (C=O) groups excluding carboxylic acids is 1. The highest BCUT2D eigenvalue weighted by molar-refractivity contribution is 5.91. The molecule has 0 saturated carbocycles. The third-order valence-electron chi connectivity index (χ3n) is 3.39. The van der Waals surface area contributed by atoms with E-state index < -0.39 is 0 Å². The van der Waals surface area contributed by atoms with E-state index in [9.17, 15) is 4.79 Å². The Balaban J connectivity index is 2.02. The van der Waals surface area contributed by atoms with Crippen molar-refractivity contribution in [3.63, 3.8) is 0 Å². The molecule has 17 heavy (non-hydrogen) atoms. The number of nitrogens with one attached hydrogen (secondary N) is 1. The average molecular weight is 236 g/mol. The van der Waals surface area contributed by atoms with E-state index in [1.165, 1.54) is 6.42 Å². The molecule has 1 amide bonds. The second kappa shape index (κ2) is 4.92. The predicted molar refractivity (Wildman–Crippen MR) is 65.5 cm³/mol. The zero-order valence-corrected chi connectivity index (χ0v) is 10.7. The van der Waals surface area contributed by atoms with Gasteiger partial charge in [0.2, 0.25) is 0 Å². The Morgan fingerprint density at radius 3 is 2.53 bits per heavy atom. The summed E-state index contributed by atoms with van der Waals surface area (Å²) in [7, 11) is 0. The van der Waals surface area contributed by atoms with Crippen LogP contribution in [0.2, 0.25) is 0 Å². The Morgan fingerprint density at radius 2 is 2.00 bits per heavy atom. The first-order valence-corrected chi connectivity index (χ1v) is 6.23. The number of amides is 1. The summed E-state index contributed by atoms with van der Waals surface area (Å²) in [5.41, 5.74) is 2.95. The smallest absolute Gasteiger partial charge is 0.301 e. The Kier molecular flexibility index (Phi) is 3.52. The van der Waals surface area contributed by atoms with Crippen LogP contribution in [0.15, 0.2) is 16.5 Å². The van der Waals surface area contributed by atoms with E-state index in [-0.39, 0.29) is 5.91 Å². The molecule has 2 heterocycles. The molecule has 0 unspecified atom stereocenters. The molecule has 2 atom stereocenters. The molecule has 4 heteroatoms. The molecule has 0 aromatic carbocycles. The van der Waals surface area contributed by atoms with E-state index in [0.29, 0.717) is 17.8 Å². The fraction of sp³-hybridized carbons (Fsp3) is 0.615. The topological polar surface area (TPSA) is 45.5 Å². The fourth-order valence-corrected chi connectivity index (χ4v) is 2.37. The lowest BCUT2D eigenvalue weighted by molar-refractivity contribution is 0.0350. The van der Waals surface area contributed by atoms with Crippen molar-refractivity contribution in [1.29, 1.82) is 0 Å². The largest absolute Gasteiger partial charge is 0.456 e. The van der Waals surface area contributed by atoms with Gasteiger partial charge >= 0.3 is 5.91 Å². The van der Waals surface area contributed by atoms with Crippen molar-refractivity contribution in [2.24, 2.45) is 0 Å². The van der Waals surface area contributed by atoms with Crippen molar-refractivity contribution in [2.75, 3.05) is 0 Å². The molecule has 4 nitrogen and oxygen atoms in total. The fourth-order valence-electron chi connectivity index (χ4n) is 2.37. The number of aryl methyl sites for hydroxylation is 1. The highest BCUT2D eigenvalue weighted by atomic mass is 16.3. The summed E-state index contributed by atoms with van der Waals surface area (Å²) < 4.78 is 5.32. The van der Waals surface area contributed by atoms with Gasteiger partial charge in [-0.25, -0.2) is 5.01 Å². The molecule has 0 radical (unpaired) electrons. The quantitative estimate of drug-likeness (QED) is 0.858. The number of nitrogens with zero attached hydrogens (tertiary/aromatic N) is 1. The number of carbonyl (C=O) groups is 1. The minimum absolute atomic E-state index is 0.154. The molecule has 2 rings (SSSR count). The lowest BCUT2D eigenvalue weighted by Crippen LogP contribution is -2.54. The van der Waals surface area contributed by atoms with Crippen LogP contribution in [-0.4, -0.2) is 23.0 Å². The van der Waals surface area contributed by atoms with Gasteiger partial charge in [-0.05, 0) is 45.7 Å². The first-order chi connectivity index (χ1) is 8.08. The zero-order valence-electron chi connectivity index (χ0n) is 10.7. The van der Waals surface area contributed by atoms with Crippen molar-refractivity contribution in [2.45, 2.75) is 52.1 Å². The molecular formula is C13H20N2O2. The molecule has 0 spiro atoms. The van der Waals surface area contributed by atoms with Crippen LogP contribution in [0.4, 0.5) is 0 Å². The molecule has 1 N–H and O–H groups in total. The van der Waals surface area contributed by atoms with Gasteiger partial charge in [0.05, 0.1) is 0 Å². The molecule has 94 valence electrons. The van der Waals surface area contributed by atoms with Crippen molar-refractivity contribution in [1.82, 2.24) is 10.4 Å². The van der Waals surface area contributed by atoms with E-state index in [0.717, 1.165) is 18.6 Å². The SMILES string of the molecule is Cc1ccc(C(=O)NN2[C@H](C)CCC[C@@H]2C)o1. The summed E-state index contributed by atoms with van der Waals surface area (Å²) in [5.74, 6) is 0.987. The molecule has 1 saturated heterocycles. The summed E-state index contributed by atoms with van der Waals surface area (Å²) in [6.45, 7) is 6.12. The van der Waals surface area contributed by atoms with Gasteiger partial charge in [0.15, 0.2) is 5.76 Å². The second-order valence-electron chi connectivity index (χ2n) is 4.89. The lowest BCUT2D eigenvalue weighted by Gasteiger charge is -2.38. The number of rotatable bonds is 2. The van der Waals surface area contributed by atoms with Crippen molar-refractivity contribution < 1.29 is 9.21 Å². The molecule has 1 aromatic rings. The first-order valence-electron chi connectivity index (χ1n) is 6.23. The van der Waals surface area contributed by atoms with Crippen LogP contribution in [-0.2, 0) is 0 Å². The van der Waals surface area contributed by atoms with Gasteiger partial charge in [-0.1, -0.05) is 6.42 Å². The summed E-state index contributed by atoms with van der Waals surface area (Å²) >= 11 is 0. The third kappa shape index (κ3) is 2.69. The standard InChI is InChI=1S/C13H20N2O2/c1-9-5-4-6-10(2)15(9)14-13(16)12-8-7-11(3)17-12/h7-10H,4-6H2,1-3H3,(H,14,16)/t9-,10+. The minimum Gasteiger partial charge on any atom is -0.456 e. The Bertz CT molecular complexity index is 390. The molecule has 1 fully saturated rings. The van der Waals surface area contributed by atoms with Crippen molar-refractivity contribution in [3.05, 3.63) is 23.7 Å². The van der Waals surface area contributed by atoms with Crippen LogP contribution in [0.25, 0.3) is 0 Å². The maximum atomic E-state index is 12.0. The summed E-state index contributed by atoms with van der Waals surface area (Å²) in [6, 6.07) is 4.29. The van der Waals surface area contributed by atoms with Crippen LogP contribution in [0.3, 0.4) is 0 Å². The Labute approximate surface area is 102 Å². The van der Waals surface area contributed by atoms with Crippen LogP contribution in [0.1, 0.15) is 49.4 Å². The molecule has 0 bridgehead atoms. The number of hydrazine groups is 1. The second-order valence-corrected chi connectivity index (χ2v) is 4.89. The van der Waals surface area contributed by atoms with E-state index in [2.05, 4.69) is 19.3 Å². The van der Waals surface area contributed by atoms with E-state index in [1.807, 2.05) is 11.9 Å². The number of hydrogen-bond acceptors (Lipinski definition) is 3. The number of hydrogen-bond donors (Lipinski definition) is 1. The lowest BCUT2D eigenvalue weighted by atomic mass is 10.00. The van der Waals surface area contributed by atoms with Gasteiger partial charge in [0, 0.05) is 12.1 Å². The van der Waals surface area contributed by atoms with Gasteiger partial charge < -0.3 is 4.42 Å². The normalized spacial score (nSPS) is 25.8. The highest BCUT2D eigenvalue weighted by Crippen LogP contribution is 2.20. The van der Waals surface area contributed by atoms with Gasteiger partial charge in [-0.2, -0.15) is 0 Å². The Morgan fingerprint density at radius 1 is 1.35 bits per heavy atom. The highest BCUT2D eigenvalue weighted by Gasteiger charge is 2.27. The van der Waals surface area contributed by atoms with Gasteiger partial charge in [-0.3, -0.25) is 10.2 Å². The monoisotopic (exact) mass is 236 g/mol. The molecule has 1 aliphatic heterocycles. The third-order valence-corrected chi connectivity index (χ3v) is 3.39. The Hall–Kier alpha value is -1.29. The average Bonchev–Trinajstić information content (AvgIpc) is 2.70. The van der Waals surface area contributed by atoms with Crippen LogP contribution < -0.4 is 5.43 Å². The number of piperidine rings is 1. The summed E-state index contributed by atoms with van der Waals surface area (Å²) in [5, 5.41) is 2.05. The molecule has 1 aromatic heterocycles. The van der Waals surface area contributed by atoms with Gasteiger partial charge in [0.1, 0.15) is 5.76 Å². The first kappa shape index (κ1) is 12.2. The van der Waals surface area contributed by atoms with Crippen molar-refractivity contribution in [3.8, 4) is 0 Å². The molecular weight excluding hydrogens is 216 g/mol. The maximum absolute atomic E-state index is 12.0.